The first-order chi connectivity index (χ1) is 12.7. The molecule has 6 heteroatoms. The van der Waals surface area contributed by atoms with Crippen LogP contribution in [-0.2, 0) is 16.0 Å². The summed E-state index contributed by atoms with van der Waals surface area (Å²) < 4.78 is 0. The molecule has 0 radical (unpaired) electrons. The molecule has 1 aromatic heterocycles. The van der Waals surface area contributed by atoms with Crippen molar-refractivity contribution in [2.75, 3.05) is 45.8 Å². The molecule has 0 aromatic carbocycles. The van der Waals surface area contributed by atoms with Gasteiger partial charge in [-0.3, -0.25) is 14.5 Å². The number of piperazine rings is 1. The molecule has 2 saturated heterocycles. The van der Waals surface area contributed by atoms with Crippen molar-refractivity contribution in [3.63, 3.8) is 0 Å². The normalized spacial score (nSPS) is 19.4. The molecule has 3 heterocycles. The van der Waals surface area contributed by atoms with Gasteiger partial charge in [0.25, 0.3) is 0 Å². The van der Waals surface area contributed by atoms with Crippen molar-refractivity contribution < 1.29 is 9.59 Å². The van der Waals surface area contributed by atoms with Crippen molar-refractivity contribution >= 4 is 23.2 Å². The van der Waals surface area contributed by atoms with Crippen molar-refractivity contribution in [3.8, 4) is 0 Å². The summed E-state index contributed by atoms with van der Waals surface area (Å²) in [6.07, 6.45) is 7.32. The summed E-state index contributed by atoms with van der Waals surface area (Å²) in [6.45, 7) is 5.49. The van der Waals surface area contributed by atoms with Crippen LogP contribution in [0, 0.1) is 0 Å². The molecule has 2 aliphatic rings. The Balaban J connectivity index is 1.34. The maximum Gasteiger partial charge on any atom is 0.236 e. The van der Waals surface area contributed by atoms with Crippen molar-refractivity contribution in [3.05, 3.63) is 22.4 Å². The zero-order chi connectivity index (χ0) is 18.2. The molecular weight excluding hydrogens is 346 g/mol. The summed E-state index contributed by atoms with van der Waals surface area (Å²) in [6, 6.07) is 4.20. The van der Waals surface area contributed by atoms with Crippen molar-refractivity contribution in [2.45, 2.75) is 44.9 Å². The third-order valence-corrected chi connectivity index (χ3v) is 6.37. The zero-order valence-corrected chi connectivity index (χ0v) is 16.5. The first-order valence-electron chi connectivity index (χ1n) is 10.0. The summed E-state index contributed by atoms with van der Waals surface area (Å²) in [5.41, 5.74) is 0. The number of rotatable bonds is 6. The van der Waals surface area contributed by atoms with Crippen LogP contribution in [0.5, 0.6) is 0 Å². The minimum atomic E-state index is 0.264. The number of aryl methyl sites for hydroxylation is 1. The smallest absolute Gasteiger partial charge is 0.236 e. The van der Waals surface area contributed by atoms with E-state index in [1.165, 1.54) is 17.7 Å². The van der Waals surface area contributed by atoms with Gasteiger partial charge in [-0.05, 0) is 37.1 Å². The summed E-state index contributed by atoms with van der Waals surface area (Å²) in [7, 11) is 0. The number of likely N-dealkylation sites (tertiary alicyclic amines) is 1. The highest BCUT2D eigenvalue weighted by Crippen LogP contribution is 2.14. The van der Waals surface area contributed by atoms with Crippen LogP contribution in [0.4, 0.5) is 0 Å². The highest BCUT2D eigenvalue weighted by Gasteiger charge is 2.24. The molecule has 0 saturated carbocycles. The van der Waals surface area contributed by atoms with Crippen molar-refractivity contribution in [1.82, 2.24) is 14.7 Å². The van der Waals surface area contributed by atoms with Gasteiger partial charge in [-0.1, -0.05) is 18.9 Å². The van der Waals surface area contributed by atoms with E-state index in [9.17, 15) is 9.59 Å². The fourth-order valence-electron chi connectivity index (χ4n) is 3.79. The van der Waals surface area contributed by atoms with Crippen LogP contribution in [-0.4, -0.2) is 72.3 Å². The number of hydrogen-bond acceptors (Lipinski definition) is 4. The summed E-state index contributed by atoms with van der Waals surface area (Å²) in [5.74, 6) is 0.530. The molecular formula is C20H31N3O2S. The maximum absolute atomic E-state index is 12.5. The van der Waals surface area contributed by atoms with Crippen LogP contribution >= 0.6 is 11.3 Å². The number of thiophene rings is 1. The maximum atomic E-state index is 12.5. The molecule has 26 heavy (non-hydrogen) atoms. The Kier molecular flexibility index (Phi) is 7.50. The van der Waals surface area contributed by atoms with Gasteiger partial charge in [0.2, 0.25) is 11.8 Å². The first-order valence-corrected chi connectivity index (χ1v) is 10.9. The van der Waals surface area contributed by atoms with Gasteiger partial charge >= 0.3 is 0 Å². The van der Waals surface area contributed by atoms with E-state index in [1.54, 1.807) is 11.3 Å². The van der Waals surface area contributed by atoms with Crippen LogP contribution in [0.15, 0.2) is 17.5 Å². The number of hydrogen-bond donors (Lipinski definition) is 0. The van der Waals surface area contributed by atoms with Gasteiger partial charge in [-0.15, -0.1) is 11.3 Å². The Labute approximate surface area is 161 Å². The van der Waals surface area contributed by atoms with Gasteiger partial charge in [-0.25, -0.2) is 0 Å². The van der Waals surface area contributed by atoms with Crippen LogP contribution in [0.1, 0.15) is 43.4 Å². The number of carbonyl (C=O) groups is 2. The molecule has 2 amide bonds. The first kappa shape index (κ1) is 19.4. The average Bonchev–Trinajstić information content (AvgIpc) is 3.02. The van der Waals surface area contributed by atoms with Crippen molar-refractivity contribution in [2.24, 2.45) is 0 Å². The topological polar surface area (TPSA) is 43.9 Å². The molecule has 0 aliphatic carbocycles. The zero-order valence-electron chi connectivity index (χ0n) is 15.7. The molecule has 5 nitrogen and oxygen atoms in total. The van der Waals surface area contributed by atoms with Gasteiger partial charge in [-0.2, -0.15) is 0 Å². The SMILES string of the molecule is O=C(CCCc1cccs1)N1CCN(CC(=O)N2CCCCCC2)CC1. The lowest BCUT2D eigenvalue weighted by Crippen LogP contribution is -2.51. The quantitative estimate of drug-likeness (QED) is 0.765. The molecule has 0 atom stereocenters. The van der Waals surface area contributed by atoms with Gasteiger partial charge in [0.15, 0.2) is 0 Å². The minimum absolute atomic E-state index is 0.264. The Morgan fingerprint density at radius 1 is 0.885 bits per heavy atom. The molecule has 3 rings (SSSR count). The second-order valence-electron chi connectivity index (χ2n) is 7.38. The van der Waals surface area contributed by atoms with E-state index in [0.717, 1.165) is 65.0 Å². The molecule has 2 fully saturated rings. The number of amides is 2. The predicted molar refractivity (Wildman–Crippen MR) is 105 cm³/mol. The molecule has 0 unspecified atom stereocenters. The van der Waals surface area contributed by atoms with E-state index >= 15 is 0 Å². The lowest BCUT2D eigenvalue weighted by atomic mass is 10.2. The number of carbonyl (C=O) groups excluding carboxylic acids is 2. The van der Waals surface area contributed by atoms with E-state index < -0.39 is 0 Å². The van der Waals surface area contributed by atoms with E-state index in [-0.39, 0.29) is 11.8 Å². The van der Waals surface area contributed by atoms with Crippen LogP contribution in [0.25, 0.3) is 0 Å². The largest absolute Gasteiger partial charge is 0.342 e. The molecule has 0 bridgehead atoms. The Bertz CT molecular complexity index is 560. The standard InChI is InChI=1S/C20H31N3O2S/c24-19(9-5-7-18-8-6-16-26-18)23-14-12-21(13-15-23)17-20(25)22-10-3-1-2-4-11-22/h6,8,16H,1-5,7,9-15,17H2. The third kappa shape index (κ3) is 5.81. The third-order valence-electron chi connectivity index (χ3n) is 5.44. The summed E-state index contributed by atoms with van der Waals surface area (Å²) in [4.78, 5) is 32.4. The molecule has 0 N–H and O–H groups in total. The van der Waals surface area contributed by atoms with Crippen LogP contribution < -0.4 is 0 Å². The van der Waals surface area contributed by atoms with Crippen molar-refractivity contribution in [1.29, 1.82) is 0 Å². The van der Waals surface area contributed by atoms with Crippen LogP contribution in [0.3, 0.4) is 0 Å². The van der Waals surface area contributed by atoms with Crippen LogP contribution in [0.2, 0.25) is 0 Å². The highest BCUT2D eigenvalue weighted by molar-refractivity contribution is 7.09. The summed E-state index contributed by atoms with van der Waals surface area (Å²) in [5, 5.41) is 2.09. The fraction of sp³-hybridized carbons (Fsp3) is 0.700. The van der Waals surface area contributed by atoms with E-state index in [0.29, 0.717) is 13.0 Å². The molecule has 0 spiro atoms. The molecule has 1 aromatic rings. The molecule has 144 valence electrons. The lowest BCUT2D eigenvalue weighted by Gasteiger charge is -2.35. The van der Waals surface area contributed by atoms with Gasteiger partial charge in [0, 0.05) is 50.6 Å². The lowest BCUT2D eigenvalue weighted by molar-refractivity contribution is -0.135. The van der Waals surface area contributed by atoms with Gasteiger partial charge < -0.3 is 9.80 Å². The van der Waals surface area contributed by atoms with Gasteiger partial charge in [0.05, 0.1) is 6.54 Å². The molecule has 2 aliphatic heterocycles. The van der Waals surface area contributed by atoms with E-state index in [2.05, 4.69) is 22.4 Å². The van der Waals surface area contributed by atoms with E-state index in [4.69, 9.17) is 0 Å². The van der Waals surface area contributed by atoms with E-state index in [1.807, 2.05) is 9.80 Å². The Hall–Kier alpha value is -1.40. The summed E-state index contributed by atoms with van der Waals surface area (Å²) >= 11 is 1.76. The highest BCUT2D eigenvalue weighted by atomic mass is 32.1. The predicted octanol–water partition coefficient (Wildman–Crippen LogP) is 2.62. The second-order valence-corrected chi connectivity index (χ2v) is 8.42. The number of nitrogens with zero attached hydrogens (tertiary/aromatic N) is 3. The minimum Gasteiger partial charge on any atom is -0.342 e. The monoisotopic (exact) mass is 377 g/mol. The second kappa shape index (κ2) is 10.1. The Morgan fingerprint density at radius 2 is 1.58 bits per heavy atom. The average molecular weight is 378 g/mol. The Morgan fingerprint density at radius 3 is 2.23 bits per heavy atom. The fourth-order valence-corrected chi connectivity index (χ4v) is 4.54. The van der Waals surface area contributed by atoms with Gasteiger partial charge in [0.1, 0.15) is 0 Å².